The molecule has 0 radical (unpaired) electrons. The molecule has 0 atom stereocenters. The van der Waals surface area contributed by atoms with Crippen LogP contribution in [0.4, 0.5) is 0 Å². The largest absolute Gasteiger partial charge is 0.375 e. The van der Waals surface area contributed by atoms with Crippen LogP contribution in [0.3, 0.4) is 0 Å². The van der Waals surface area contributed by atoms with Crippen molar-refractivity contribution in [3.8, 4) is 0 Å². The van der Waals surface area contributed by atoms with Crippen molar-refractivity contribution in [3.63, 3.8) is 0 Å². The molecule has 0 bridgehead atoms. The van der Waals surface area contributed by atoms with Gasteiger partial charge in [0.1, 0.15) is 0 Å². The smallest absolute Gasteiger partial charge is 0.0732 e. The standard InChI is InChI=1S/C16H24ClNO/c1-13-6-7-14(15(17)10-13)11-19-12-16(18)8-4-2-3-5-9-16/h6-7,10H,2-5,8-9,11-12,18H2,1H3. The lowest BCUT2D eigenvalue weighted by atomic mass is 9.92. The Morgan fingerprint density at radius 3 is 2.53 bits per heavy atom. The molecule has 106 valence electrons. The molecule has 0 unspecified atom stereocenters. The Bertz CT molecular complexity index is 411. The monoisotopic (exact) mass is 281 g/mol. The first-order valence-corrected chi connectivity index (χ1v) is 7.59. The number of rotatable bonds is 4. The van der Waals surface area contributed by atoms with Crippen LogP contribution in [-0.4, -0.2) is 12.1 Å². The van der Waals surface area contributed by atoms with Gasteiger partial charge in [-0.05, 0) is 37.0 Å². The second kappa shape index (κ2) is 6.74. The summed E-state index contributed by atoms with van der Waals surface area (Å²) in [6.45, 7) is 3.23. The normalized spacial score (nSPS) is 19.1. The van der Waals surface area contributed by atoms with Crippen LogP contribution in [0.2, 0.25) is 5.02 Å². The SMILES string of the molecule is Cc1ccc(COCC2(N)CCCCCC2)c(Cl)c1. The van der Waals surface area contributed by atoms with Crippen LogP contribution in [-0.2, 0) is 11.3 Å². The second-order valence-corrected chi connectivity index (χ2v) is 6.27. The van der Waals surface area contributed by atoms with Crippen molar-refractivity contribution in [3.05, 3.63) is 34.3 Å². The van der Waals surface area contributed by atoms with Crippen LogP contribution in [0.5, 0.6) is 0 Å². The number of hydrogen-bond donors (Lipinski definition) is 1. The fraction of sp³-hybridized carbons (Fsp3) is 0.625. The molecule has 2 nitrogen and oxygen atoms in total. The molecule has 0 aliphatic heterocycles. The van der Waals surface area contributed by atoms with Crippen LogP contribution in [0.1, 0.15) is 49.7 Å². The number of benzene rings is 1. The van der Waals surface area contributed by atoms with Gasteiger partial charge >= 0.3 is 0 Å². The van der Waals surface area contributed by atoms with Gasteiger partial charge in [0.15, 0.2) is 0 Å². The van der Waals surface area contributed by atoms with Crippen LogP contribution in [0.15, 0.2) is 18.2 Å². The van der Waals surface area contributed by atoms with Crippen LogP contribution in [0.25, 0.3) is 0 Å². The Kier molecular flexibility index (Phi) is 5.26. The van der Waals surface area contributed by atoms with E-state index in [2.05, 4.69) is 6.07 Å². The van der Waals surface area contributed by atoms with E-state index in [1.54, 1.807) is 0 Å². The molecular weight excluding hydrogens is 258 g/mol. The van der Waals surface area contributed by atoms with E-state index in [4.69, 9.17) is 22.1 Å². The van der Waals surface area contributed by atoms with Gasteiger partial charge in [-0.2, -0.15) is 0 Å². The first-order valence-electron chi connectivity index (χ1n) is 7.21. The third-order valence-electron chi connectivity index (χ3n) is 3.95. The first kappa shape index (κ1) is 14.8. The van der Waals surface area contributed by atoms with Gasteiger partial charge < -0.3 is 10.5 Å². The number of aryl methyl sites for hydroxylation is 1. The van der Waals surface area contributed by atoms with Gasteiger partial charge in [-0.1, -0.05) is 49.4 Å². The molecule has 1 aromatic rings. The fourth-order valence-electron chi connectivity index (χ4n) is 2.71. The van der Waals surface area contributed by atoms with E-state index in [-0.39, 0.29) is 5.54 Å². The van der Waals surface area contributed by atoms with Crippen molar-refractivity contribution in [1.29, 1.82) is 0 Å². The molecule has 0 heterocycles. The van der Waals surface area contributed by atoms with Crippen LogP contribution < -0.4 is 5.73 Å². The zero-order valence-electron chi connectivity index (χ0n) is 11.8. The average molecular weight is 282 g/mol. The van der Waals surface area contributed by atoms with Crippen molar-refractivity contribution in [2.75, 3.05) is 6.61 Å². The Labute approximate surface area is 121 Å². The van der Waals surface area contributed by atoms with E-state index in [1.165, 1.54) is 31.2 Å². The van der Waals surface area contributed by atoms with Gasteiger partial charge in [-0.15, -0.1) is 0 Å². The molecule has 1 saturated carbocycles. The Balaban J connectivity index is 1.85. The van der Waals surface area contributed by atoms with Gasteiger partial charge in [0.25, 0.3) is 0 Å². The highest BCUT2D eigenvalue weighted by Crippen LogP contribution is 2.26. The zero-order valence-corrected chi connectivity index (χ0v) is 12.5. The molecule has 2 rings (SSSR count). The highest BCUT2D eigenvalue weighted by molar-refractivity contribution is 6.31. The van der Waals surface area contributed by atoms with Gasteiger partial charge in [-0.25, -0.2) is 0 Å². The van der Waals surface area contributed by atoms with E-state index in [1.807, 2.05) is 19.1 Å². The predicted octanol–water partition coefficient (Wildman–Crippen LogP) is 4.22. The summed E-state index contributed by atoms with van der Waals surface area (Å²) in [5.74, 6) is 0. The highest BCUT2D eigenvalue weighted by atomic mass is 35.5. The third kappa shape index (κ3) is 4.48. The van der Waals surface area contributed by atoms with Gasteiger partial charge in [0.2, 0.25) is 0 Å². The van der Waals surface area contributed by atoms with E-state index in [9.17, 15) is 0 Å². The van der Waals surface area contributed by atoms with E-state index >= 15 is 0 Å². The van der Waals surface area contributed by atoms with Crippen molar-refractivity contribution in [2.45, 2.75) is 57.6 Å². The van der Waals surface area contributed by atoms with Gasteiger partial charge in [0, 0.05) is 10.6 Å². The molecule has 19 heavy (non-hydrogen) atoms. The minimum Gasteiger partial charge on any atom is -0.375 e. The molecule has 0 aromatic heterocycles. The van der Waals surface area contributed by atoms with Crippen LogP contribution >= 0.6 is 11.6 Å². The predicted molar refractivity (Wildman–Crippen MR) is 80.5 cm³/mol. The molecule has 1 aromatic carbocycles. The Morgan fingerprint density at radius 1 is 1.21 bits per heavy atom. The molecule has 1 fully saturated rings. The molecule has 0 saturated heterocycles. The topological polar surface area (TPSA) is 35.2 Å². The summed E-state index contributed by atoms with van der Waals surface area (Å²) in [5.41, 5.74) is 8.52. The van der Waals surface area contributed by atoms with Gasteiger partial charge in [0.05, 0.1) is 13.2 Å². The fourth-order valence-corrected chi connectivity index (χ4v) is 3.00. The van der Waals surface area contributed by atoms with Crippen LogP contribution in [0, 0.1) is 6.92 Å². The van der Waals surface area contributed by atoms with Crippen molar-refractivity contribution >= 4 is 11.6 Å². The van der Waals surface area contributed by atoms with Crippen molar-refractivity contribution in [1.82, 2.24) is 0 Å². The molecule has 2 N–H and O–H groups in total. The molecule has 0 spiro atoms. The lowest BCUT2D eigenvalue weighted by Gasteiger charge is -2.27. The summed E-state index contributed by atoms with van der Waals surface area (Å²) in [5, 5.41) is 0.784. The maximum Gasteiger partial charge on any atom is 0.0732 e. The minimum atomic E-state index is -0.131. The molecule has 1 aliphatic rings. The quantitative estimate of drug-likeness (QED) is 0.839. The maximum atomic E-state index is 6.43. The number of halogens is 1. The van der Waals surface area contributed by atoms with E-state index in [0.29, 0.717) is 13.2 Å². The summed E-state index contributed by atoms with van der Waals surface area (Å²) < 4.78 is 5.83. The summed E-state index contributed by atoms with van der Waals surface area (Å²) in [4.78, 5) is 0. The van der Waals surface area contributed by atoms with E-state index in [0.717, 1.165) is 23.4 Å². The summed E-state index contributed by atoms with van der Waals surface area (Å²) in [6.07, 6.45) is 7.23. The zero-order chi connectivity index (χ0) is 13.7. The molecule has 0 amide bonds. The van der Waals surface area contributed by atoms with Crippen molar-refractivity contribution < 1.29 is 4.74 Å². The summed E-state index contributed by atoms with van der Waals surface area (Å²) in [6, 6.07) is 6.08. The number of ether oxygens (including phenoxy) is 1. The summed E-state index contributed by atoms with van der Waals surface area (Å²) in [7, 11) is 0. The van der Waals surface area contributed by atoms with Gasteiger partial charge in [-0.3, -0.25) is 0 Å². The lowest BCUT2D eigenvalue weighted by molar-refractivity contribution is 0.0667. The third-order valence-corrected chi connectivity index (χ3v) is 4.31. The number of hydrogen-bond acceptors (Lipinski definition) is 2. The molecular formula is C16H24ClNO. The minimum absolute atomic E-state index is 0.131. The first-order chi connectivity index (χ1) is 9.09. The molecule has 3 heteroatoms. The van der Waals surface area contributed by atoms with Crippen molar-refractivity contribution in [2.24, 2.45) is 5.73 Å². The Morgan fingerprint density at radius 2 is 1.89 bits per heavy atom. The lowest BCUT2D eigenvalue weighted by Crippen LogP contribution is -2.43. The summed E-state index contributed by atoms with van der Waals surface area (Å²) >= 11 is 6.20. The Hall–Kier alpha value is -0.570. The second-order valence-electron chi connectivity index (χ2n) is 5.86. The van der Waals surface area contributed by atoms with E-state index < -0.39 is 0 Å². The maximum absolute atomic E-state index is 6.43. The average Bonchev–Trinajstić information content (AvgIpc) is 2.57. The highest BCUT2D eigenvalue weighted by Gasteiger charge is 2.26. The molecule has 1 aliphatic carbocycles. The number of nitrogens with two attached hydrogens (primary N) is 1.